The van der Waals surface area contributed by atoms with E-state index in [4.69, 9.17) is 0 Å². The highest BCUT2D eigenvalue weighted by Gasteiger charge is 2.52. The Hall–Kier alpha value is -2.37. The van der Waals surface area contributed by atoms with Crippen molar-refractivity contribution in [2.24, 2.45) is 0 Å². The number of hydrogen-bond acceptors (Lipinski definition) is 3. The van der Waals surface area contributed by atoms with Crippen molar-refractivity contribution in [1.29, 1.82) is 0 Å². The van der Waals surface area contributed by atoms with E-state index in [1.165, 1.54) is 0 Å². The zero-order chi connectivity index (χ0) is 18.4. The molecular weight excluding hydrogens is 318 g/mol. The Morgan fingerprint density at radius 1 is 1.16 bits per heavy atom. The average molecular weight is 345 g/mol. The minimum atomic E-state index is -1.07. The molecule has 1 aliphatic heterocycles. The monoisotopic (exact) mass is 345 g/mol. The van der Waals surface area contributed by atoms with Gasteiger partial charge in [-0.15, -0.1) is 0 Å². The molecule has 0 radical (unpaired) electrons. The highest BCUT2D eigenvalue weighted by atomic mass is 16.2. The number of rotatable bonds is 8. The summed E-state index contributed by atoms with van der Waals surface area (Å²) in [5.41, 5.74) is -0.320. The number of carbonyl (C=O) groups is 3. The number of urea groups is 1. The first-order valence-corrected chi connectivity index (χ1v) is 8.89. The molecule has 6 nitrogen and oxygen atoms in total. The summed E-state index contributed by atoms with van der Waals surface area (Å²) in [4.78, 5) is 40.5. The zero-order valence-electron chi connectivity index (χ0n) is 15.2. The maximum absolute atomic E-state index is 13.1. The zero-order valence-corrected chi connectivity index (χ0v) is 15.2. The van der Waals surface area contributed by atoms with Gasteiger partial charge in [0.05, 0.1) is 0 Å². The van der Waals surface area contributed by atoms with E-state index in [0.717, 1.165) is 29.7 Å². The van der Waals surface area contributed by atoms with Crippen molar-refractivity contribution in [3.05, 3.63) is 35.9 Å². The lowest BCUT2D eigenvalue weighted by Crippen LogP contribution is -2.45. The molecule has 25 heavy (non-hydrogen) atoms. The molecule has 4 amide bonds. The van der Waals surface area contributed by atoms with Gasteiger partial charge in [0, 0.05) is 13.6 Å². The Labute approximate surface area is 149 Å². The van der Waals surface area contributed by atoms with Crippen LogP contribution in [-0.4, -0.2) is 47.8 Å². The van der Waals surface area contributed by atoms with Crippen molar-refractivity contribution in [2.75, 3.05) is 20.1 Å². The molecule has 1 N–H and O–H groups in total. The highest BCUT2D eigenvalue weighted by Crippen LogP contribution is 2.33. The summed E-state index contributed by atoms with van der Waals surface area (Å²) in [7, 11) is 1.70. The van der Waals surface area contributed by atoms with Crippen molar-refractivity contribution in [1.82, 2.24) is 15.1 Å². The van der Waals surface area contributed by atoms with Gasteiger partial charge in [0.2, 0.25) is 5.91 Å². The summed E-state index contributed by atoms with van der Waals surface area (Å²) in [5.74, 6) is -0.569. The van der Waals surface area contributed by atoms with Crippen LogP contribution >= 0.6 is 0 Å². The summed E-state index contributed by atoms with van der Waals surface area (Å²) >= 11 is 0. The van der Waals surface area contributed by atoms with Gasteiger partial charge in [0.15, 0.2) is 0 Å². The van der Waals surface area contributed by atoms with Crippen LogP contribution in [0.4, 0.5) is 4.79 Å². The van der Waals surface area contributed by atoms with Gasteiger partial charge < -0.3 is 10.2 Å². The second kappa shape index (κ2) is 8.14. The summed E-state index contributed by atoms with van der Waals surface area (Å²) in [6, 6.07) is 8.74. The van der Waals surface area contributed by atoms with Crippen LogP contribution in [0, 0.1) is 0 Å². The molecule has 2 rings (SSSR count). The lowest BCUT2D eigenvalue weighted by molar-refractivity contribution is -0.138. The quantitative estimate of drug-likeness (QED) is 0.736. The Balaban J connectivity index is 2.21. The van der Waals surface area contributed by atoms with Crippen molar-refractivity contribution in [3.8, 4) is 0 Å². The summed E-state index contributed by atoms with van der Waals surface area (Å²) in [5, 5.41) is 2.84. The number of carbonyl (C=O) groups excluding carboxylic acids is 3. The van der Waals surface area contributed by atoms with E-state index in [-0.39, 0.29) is 18.4 Å². The lowest BCUT2D eigenvalue weighted by Gasteiger charge is -2.27. The van der Waals surface area contributed by atoms with E-state index in [2.05, 4.69) is 12.2 Å². The van der Waals surface area contributed by atoms with Crippen LogP contribution in [0.25, 0.3) is 0 Å². The molecular formula is C19H27N3O3. The first-order chi connectivity index (χ1) is 12.0. The van der Waals surface area contributed by atoms with E-state index < -0.39 is 11.6 Å². The summed E-state index contributed by atoms with van der Waals surface area (Å²) < 4.78 is 0. The molecule has 1 heterocycles. The Bertz CT molecular complexity index is 632. The van der Waals surface area contributed by atoms with Crippen LogP contribution in [-0.2, 0) is 15.1 Å². The third-order valence-corrected chi connectivity index (χ3v) is 4.63. The van der Waals surface area contributed by atoms with Crippen LogP contribution in [0.5, 0.6) is 0 Å². The molecule has 0 saturated carbocycles. The molecule has 0 aliphatic carbocycles. The smallest absolute Gasteiger partial charge is 0.325 e. The first-order valence-electron chi connectivity index (χ1n) is 8.89. The fraction of sp³-hybridized carbons (Fsp3) is 0.526. The van der Waals surface area contributed by atoms with E-state index in [0.29, 0.717) is 13.0 Å². The van der Waals surface area contributed by atoms with Gasteiger partial charge in [-0.3, -0.25) is 14.5 Å². The molecule has 1 aliphatic rings. The maximum Gasteiger partial charge on any atom is 0.325 e. The van der Waals surface area contributed by atoms with Crippen molar-refractivity contribution >= 4 is 17.8 Å². The fourth-order valence-electron chi connectivity index (χ4n) is 3.15. The number of nitrogens with one attached hydrogen (secondary N) is 1. The van der Waals surface area contributed by atoms with E-state index in [1.807, 2.05) is 37.3 Å². The Morgan fingerprint density at radius 3 is 2.44 bits per heavy atom. The predicted octanol–water partition coefficient (Wildman–Crippen LogP) is 2.49. The molecule has 1 aromatic rings. The van der Waals surface area contributed by atoms with Crippen molar-refractivity contribution in [2.45, 2.75) is 45.1 Å². The number of nitrogens with zero attached hydrogens (tertiary/aromatic N) is 2. The second-order valence-corrected chi connectivity index (χ2v) is 6.51. The van der Waals surface area contributed by atoms with Gasteiger partial charge in [0.25, 0.3) is 5.91 Å². The normalized spacial score (nSPS) is 19.9. The van der Waals surface area contributed by atoms with Crippen LogP contribution in [0.3, 0.4) is 0 Å². The van der Waals surface area contributed by atoms with Crippen LogP contribution in [0.2, 0.25) is 0 Å². The number of amides is 4. The molecule has 0 aromatic heterocycles. The Morgan fingerprint density at radius 2 is 1.84 bits per heavy atom. The third-order valence-electron chi connectivity index (χ3n) is 4.63. The topological polar surface area (TPSA) is 69.7 Å². The van der Waals surface area contributed by atoms with E-state index in [9.17, 15) is 14.4 Å². The standard InChI is InChI=1S/C19H27N3O3/c1-4-6-13-21(3)16(23)14-22-17(24)19(12-5-2,20-18(22)25)15-10-8-7-9-11-15/h7-11H,4-6,12-14H2,1-3H3,(H,20,25)/t19-/m1/s1. The van der Waals surface area contributed by atoms with Crippen LogP contribution in [0.15, 0.2) is 30.3 Å². The SMILES string of the molecule is CCCCN(C)C(=O)CN1C(=O)N[C@](CCC)(c2ccccc2)C1=O. The second-order valence-electron chi connectivity index (χ2n) is 6.51. The predicted molar refractivity (Wildman–Crippen MR) is 95.8 cm³/mol. The van der Waals surface area contributed by atoms with Crippen LogP contribution in [0.1, 0.15) is 45.1 Å². The number of hydrogen-bond donors (Lipinski definition) is 1. The molecule has 1 saturated heterocycles. The molecule has 0 bridgehead atoms. The molecule has 0 unspecified atom stereocenters. The van der Waals surface area contributed by atoms with Gasteiger partial charge in [-0.1, -0.05) is 57.0 Å². The molecule has 1 fully saturated rings. The first kappa shape index (κ1) is 19.0. The van der Waals surface area contributed by atoms with E-state index in [1.54, 1.807) is 11.9 Å². The van der Waals surface area contributed by atoms with E-state index >= 15 is 0 Å². The van der Waals surface area contributed by atoms with Gasteiger partial charge in [-0.05, 0) is 18.4 Å². The fourth-order valence-corrected chi connectivity index (χ4v) is 3.15. The third kappa shape index (κ3) is 3.83. The van der Waals surface area contributed by atoms with Crippen molar-refractivity contribution in [3.63, 3.8) is 0 Å². The van der Waals surface area contributed by atoms with Crippen molar-refractivity contribution < 1.29 is 14.4 Å². The maximum atomic E-state index is 13.1. The number of benzene rings is 1. The molecule has 6 heteroatoms. The largest absolute Gasteiger partial charge is 0.344 e. The number of likely N-dealkylation sites (N-methyl/N-ethyl adjacent to an activating group) is 1. The Kier molecular flexibility index (Phi) is 6.17. The van der Waals surface area contributed by atoms with Crippen LogP contribution < -0.4 is 5.32 Å². The highest BCUT2D eigenvalue weighted by molar-refractivity contribution is 6.09. The summed E-state index contributed by atoms with van der Waals surface area (Å²) in [6.07, 6.45) is 3.11. The lowest BCUT2D eigenvalue weighted by atomic mass is 9.85. The van der Waals surface area contributed by atoms with Gasteiger partial charge in [-0.25, -0.2) is 4.79 Å². The molecule has 1 atom stereocenters. The number of imide groups is 1. The molecule has 0 spiro atoms. The van der Waals surface area contributed by atoms with Gasteiger partial charge >= 0.3 is 6.03 Å². The minimum absolute atomic E-state index is 0.219. The van der Waals surface area contributed by atoms with Gasteiger partial charge in [-0.2, -0.15) is 0 Å². The average Bonchev–Trinajstić information content (AvgIpc) is 2.85. The van der Waals surface area contributed by atoms with Gasteiger partial charge in [0.1, 0.15) is 12.1 Å². The summed E-state index contributed by atoms with van der Waals surface area (Å²) in [6.45, 7) is 4.42. The molecule has 136 valence electrons. The molecule has 1 aromatic carbocycles. The minimum Gasteiger partial charge on any atom is -0.344 e. The number of unbranched alkanes of at least 4 members (excludes halogenated alkanes) is 1.